The van der Waals surface area contributed by atoms with Crippen LogP contribution in [0.3, 0.4) is 0 Å². The van der Waals surface area contributed by atoms with Crippen LogP contribution in [-0.2, 0) is 11.2 Å². The van der Waals surface area contributed by atoms with Crippen molar-refractivity contribution in [2.75, 3.05) is 20.7 Å². The first-order valence-electron chi connectivity index (χ1n) is 5.93. The molecule has 0 atom stereocenters. The number of benzene rings is 1. The molecule has 0 heterocycles. The van der Waals surface area contributed by atoms with Gasteiger partial charge in [0.25, 0.3) is 0 Å². The molecule has 1 aromatic rings. The third-order valence-electron chi connectivity index (χ3n) is 2.88. The number of amides is 1. The van der Waals surface area contributed by atoms with Crippen LogP contribution in [0, 0.1) is 0 Å². The summed E-state index contributed by atoms with van der Waals surface area (Å²) in [6.45, 7) is -0.287. The Kier molecular flexibility index (Phi) is 5.14. The Morgan fingerprint density at radius 1 is 1.19 bits per heavy atom. The van der Waals surface area contributed by atoms with Crippen molar-refractivity contribution in [1.29, 1.82) is 0 Å². The maximum atomic E-state index is 12.9. The van der Waals surface area contributed by atoms with Crippen molar-refractivity contribution >= 4 is 5.91 Å². The molecule has 0 radical (unpaired) electrons. The Morgan fingerprint density at radius 2 is 1.76 bits per heavy atom. The fourth-order valence-electron chi connectivity index (χ4n) is 1.66. The summed E-state index contributed by atoms with van der Waals surface area (Å²) in [5, 5.41) is 0. The summed E-state index contributed by atoms with van der Waals surface area (Å²) in [6, 6.07) is 6.62. The maximum absolute atomic E-state index is 12.9. The van der Waals surface area contributed by atoms with E-state index in [-0.39, 0.29) is 13.0 Å². The number of halogens is 5. The molecule has 0 bridgehead atoms. The topological polar surface area (TPSA) is 29.5 Å². The fraction of sp³-hybridized carbons (Fsp3) is 0.462. The van der Waals surface area contributed by atoms with Crippen molar-refractivity contribution in [1.82, 2.24) is 4.90 Å². The van der Waals surface area contributed by atoms with Crippen molar-refractivity contribution in [2.24, 2.45) is 0 Å². The third kappa shape index (κ3) is 3.83. The summed E-state index contributed by atoms with van der Waals surface area (Å²) < 4.78 is 67.2. The zero-order chi connectivity index (χ0) is 16.3. The number of nitrogens with zero attached hydrogens (tertiary/aromatic N) is 1. The predicted molar refractivity (Wildman–Crippen MR) is 65.3 cm³/mol. The Hall–Kier alpha value is -1.86. The smallest absolute Gasteiger partial charge is 0.463 e. The molecule has 0 N–H and O–H groups in total. The Bertz CT molecular complexity index is 502. The van der Waals surface area contributed by atoms with Gasteiger partial charge in [-0.25, -0.2) is 0 Å². The van der Waals surface area contributed by atoms with Crippen LogP contribution in [0.25, 0.3) is 0 Å². The number of methoxy groups -OCH3 is 1. The van der Waals surface area contributed by atoms with E-state index in [1.165, 1.54) is 7.11 Å². The molecule has 0 saturated carbocycles. The monoisotopic (exact) mass is 311 g/mol. The summed E-state index contributed by atoms with van der Waals surface area (Å²) in [5.74, 6) is -7.19. The van der Waals surface area contributed by atoms with Crippen LogP contribution in [0.2, 0.25) is 0 Å². The van der Waals surface area contributed by atoms with Crippen molar-refractivity contribution in [2.45, 2.75) is 18.5 Å². The number of carbonyl (C=O) groups excluding carboxylic acids is 1. The van der Waals surface area contributed by atoms with Crippen LogP contribution >= 0.6 is 0 Å². The number of para-hydroxylation sites is 1. The van der Waals surface area contributed by atoms with Crippen LogP contribution in [-0.4, -0.2) is 43.6 Å². The number of hydrogen-bond acceptors (Lipinski definition) is 2. The number of carbonyl (C=O) groups is 1. The van der Waals surface area contributed by atoms with Gasteiger partial charge in [-0.05, 0) is 18.1 Å². The molecule has 0 fully saturated rings. The van der Waals surface area contributed by atoms with Gasteiger partial charge in [0, 0.05) is 13.6 Å². The fourth-order valence-corrected chi connectivity index (χ4v) is 1.66. The molecule has 1 rings (SSSR count). The van der Waals surface area contributed by atoms with Gasteiger partial charge < -0.3 is 9.64 Å². The standard InChI is InChI=1S/C13H14F5NO2/c1-19(11(20)12(14,15)13(16,17)18)8-7-9-5-3-4-6-10(9)21-2/h3-6H,7-8H2,1-2H3. The summed E-state index contributed by atoms with van der Waals surface area (Å²) >= 11 is 0. The van der Waals surface area contributed by atoms with Crippen LogP contribution < -0.4 is 4.74 Å². The molecule has 0 aliphatic heterocycles. The Morgan fingerprint density at radius 3 is 2.29 bits per heavy atom. The minimum Gasteiger partial charge on any atom is -0.496 e. The van der Waals surface area contributed by atoms with E-state index in [4.69, 9.17) is 4.74 Å². The van der Waals surface area contributed by atoms with E-state index in [0.717, 1.165) is 7.05 Å². The number of hydrogen-bond donors (Lipinski definition) is 0. The number of rotatable bonds is 5. The molecular formula is C13H14F5NO2. The molecule has 0 aliphatic carbocycles. The van der Waals surface area contributed by atoms with E-state index in [0.29, 0.717) is 16.2 Å². The first-order valence-corrected chi connectivity index (χ1v) is 5.93. The molecule has 3 nitrogen and oxygen atoms in total. The highest BCUT2D eigenvalue weighted by Gasteiger charge is 2.64. The highest BCUT2D eigenvalue weighted by Crippen LogP contribution is 2.36. The van der Waals surface area contributed by atoms with E-state index in [2.05, 4.69) is 0 Å². The van der Waals surface area contributed by atoms with E-state index < -0.39 is 18.0 Å². The average Bonchev–Trinajstić information content (AvgIpc) is 2.42. The van der Waals surface area contributed by atoms with Gasteiger partial charge in [0.1, 0.15) is 5.75 Å². The number of likely N-dealkylation sites (N-methyl/N-ethyl adjacent to an activating group) is 1. The first kappa shape index (κ1) is 17.2. The predicted octanol–water partition coefficient (Wildman–Crippen LogP) is 2.89. The summed E-state index contributed by atoms with van der Waals surface area (Å²) in [4.78, 5) is 11.6. The molecule has 118 valence electrons. The quantitative estimate of drug-likeness (QED) is 0.783. The molecule has 0 unspecified atom stereocenters. The highest BCUT2D eigenvalue weighted by atomic mass is 19.4. The van der Waals surface area contributed by atoms with Gasteiger partial charge >= 0.3 is 18.0 Å². The molecule has 0 saturated heterocycles. The zero-order valence-corrected chi connectivity index (χ0v) is 11.4. The van der Waals surface area contributed by atoms with Gasteiger partial charge in [-0.3, -0.25) is 4.79 Å². The molecule has 0 aliphatic rings. The van der Waals surface area contributed by atoms with Crippen molar-refractivity contribution in [3.63, 3.8) is 0 Å². The molecule has 1 amide bonds. The van der Waals surface area contributed by atoms with E-state index in [1.54, 1.807) is 24.3 Å². The van der Waals surface area contributed by atoms with Crippen LogP contribution in [0.5, 0.6) is 5.75 Å². The minimum atomic E-state index is -5.90. The Balaban J connectivity index is 2.74. The molecule has 21 heavy (non-hydrogen) atoms. The van der Waals surface area contributed by atoms with E-state index in [1.807, 2.05) is 0 Å². The maximum Gasteiger partial charge on any atom is 0.463 e. The van der Waals surface area contributed by atoms with Crippen LogP contribution in [0.1, 0.15) is 5.56 Å². The lowest BCUT2D eigenvalue weighted by Crippen LogP contribution is -2.51. The van der Waals surface area contributed by atoms with Gasteiger partial charge in [0.15, 0.2) is 0 Å². The van der Waals surface area contributed by atoms with E-state index >= 15 is 0 Å². The van der Waals surface area contributed by atoms with Gasteiger partial charge in [0.2, 0.25) is 0 Å². The summed E-state index contributed by atoms with van der Waals surface area (Å²) in [7, 11) is 2.31. The SMILES string of the molecule is COc1ccccc1CCN(C)C(=O)C(F)(F)C(F)(F)F. The average molecular weight is 311 g/mol. The Labute approximate surface area is 118 Å². The van der Waals surface area contributed by atoms with Gasteiger partial charge in [-0.1, -0.05) is 18.2 Å². The van der Waals surface area contributed by atoms with Gasteiger partial charge in [-0.2, -0.15) is 22.0 Å². The second-order valence-electron chi connectivity index (χ2n) is 4.36. The molecule has 0 aromatic heterocycles. The molecule has 8 heteroatoms. The van der Waals surface area contributed by atoms with Crippen LogP contribution in [0.15, 0.2) is 24.3 Å². The highest BCUT2D eigenvalue weighted by molar-refractivity contribution is 5.84. The third-order valence-corrected chi connectivity index (χ3v) is 2.88. The van der Waals surface area contributed by atoms with Crippen molar-refractivity contribution in [3.05, 3.63) is 29.8 Å². The first-order chi connectivity index (χ1) is 9.61. The summed E-state index contributed by atoms with van der Waals surface area (Å²) in [6.07, 6.45) is -5.80. The van der Waals surface area contributed by atoms with Gasteiger partial charge in [-0.15, -0.1) is 0 Å². The summed E-state index contributed by atoms with van der Waals surface area (Å²) in [5.41, 5.74) is 0.606. The lowest BCUT2D eigenvalue weighted by atomic mass is 10.1. The second-order valence-corrected chi connectivity index (χ2v) is 4.36. The minimum absolute atomic E-state index is 0.0974. The molecule has 1 aromatic carbocycles. The molecule has 0 spiro atoms. The van der Waals surface area contributed by atoms with E-state index in [9.17, 15) is 26.7 Å². The lowest BCUT2D eigenvalue weighted by Gasteiger charge is -2.25. The molecular weight excluding hydrogens is 297 g/mol. The normalized spacial score (nSPS) is 12.1. The number of alkyl halides is 5. The van der Waals surface area contributed by atoms with Gasteiger partial charge in [0.05, 0.1) is 7.11 Å². The van der Waals surface area contributed by atoms with Crippen LogP contribution in [0.4, 0.5) is 22.0 Å². The second kappa shape index (κ2) is 6.28. The zero-order valence-electron chi connectivity index (χ0n) is 11.4. The van der Waals surface area contributed by atoms with Crippen molar-refractivity contribution in [3.8, 4) is 5.75 Å². The number of ether oxygens (including phenoxy) is 1. The lowest BCUT2D eigenvalue weighted by molar-refractivity contribution is -0.273. The largest absolute Gasteiger partial charge is 0.496 e. The van der Waals surface area contributed by atoms with Crippen molar-refractivity contribution < 1.29 is 31.5 Å².